The summed E-state index contributed by atoms with van der Waals surface area (Å²) in [6.07, 6.45) is 3.59. The topological polar surface area (TPSA) is 146 Å². The van der Waals surface area contributed by atoms with Crippen LogP contribution < -0.4 is 15.4 Å². The summed E-state index contributed by atoms with van der Waals surface area (Å²) in [5.74, 6) is 4.71. The fourth-order valence-corrected chi connectivity index (χ4v) is 4.78. The predicted octanol–water partition coefficient (Wildman–Crippen LogP) is 2.48. The lowest BCUT2D eigenvalue weighted by molar-refractivity contribution is 0.0378. The summed E-state index contributed by atoms with van der Waals surface area (Å²) in [5.41, 5.74) is 2.31. The molecule has 198 valence electrons. The first-order valence-electron chi connectivity index (χ1n) is 12.0. The maximum atomic E-state index is 12.8. The number of aromatic amines is 1. The van der Waals surface area contributed by atoms with Gasteiger partial charge >= 0.3 is 6.09 Å². The summed E-state index contributed by atoms with van der Waals surface area (Å²) in [6, 6.07) is 8.54. The molecule has 2 aromatic heterocycles. The molecule has 1 aliphatic rings. The van der Waals surface area contributed by atoms with Crippen LogP contribution in [0.15, 0.2) is 47.6 Å². The number of anilines is 3. The third-order valence-electron chi connectivity index (χ3n) is 5.64. The van der Waals surface area contributed by atoms with Crippen molar-refractivity contribution in [2.45, 2.75) is 18.2 Å². The Kier molecular flexibility index (Phi) is 8.93. The number of ether oxygens (including phenoxy) is 2. The molecule has 3 heterocycles. The van der Waals surface area contributed by atoms with E-state index >= 15 is 0 Å². The molecular weight excluding hydrogens is 496 g/mol. The lowest BCUT2D eigenvalue weighted by Crippen LogP contribution is -2.37. The molecule has 1 saturated heterocycles. The third kappa shape index (κ3) is 7.41. The van der Waals surface area contributed by atoms with E-state index in [1.165, 1.54) is 0 Å². The number of nitrogens with one attached hydrogen (secondary N) is 4. The number of aromatic nitrogens is 4. The van der Waals surface area contributed by atoms with Crippen molar-refractivity contribution in [2.24, 2.45) is 0 Å². The number of morpholine rings is 1. The minimum absolute atomic E-state index is 0.175. The second-order valence-electron chi connectivity index (χ2n) is 8.31. The van der Waals surface area contributed by atoms with Crippen molar-refractivity contribution in [1.82, 2.24) is 29.8 Å². The summed E-state index contributed by atoms with van der Waals surface area (Å²) in [4.78, 5) is 23.5. The summed E-state index contributed by atoms with van der Waals surface area (Å²) in [6.45, 7) is 7.06. The smallest absolute Gasteiger partial charge is 0.418 e. The molecule has 0 aliphatic carbocycles. The normalized spacial score (nSPS) is 15.5. The van der Waals surface area contributed by atoms with Gasteiger partial charge in [-0.3, -0.25) is 10.00 Å². The zero-order chi connectivity index (χ0) is 26.1. The maximum Gasteiger partial charge on any atom is 0.418 e. The van der Waals surface area contributed by atoms with Crippen molar-refractivity contribution in [3.05, 3.63) is 42.7 Å². The highest BCUT2D eigenvalue weighted by molar-refractivity contribution is 7.99. The van der Waals surface area contributed by atoms with Gasteiger partial charge in [-0.2, -0.15) is 10.1 Å². The molecule has 12 nitrogen and oxygen atoms in total. The van der Waals surface area contributed by atoms with E-state index in [0.29, 0.717) is 22.3 Å². The van der Waals surface area contributed by atoms with Crippen LogP contribution in [0.25, 0.3) is 11.3 Å². The third-order valence-corrected chi connectivity index (χ3v) is 7.17. The molecule has 1 unspecified atom stereocenters. The summed E-state index contributed by atoms with van der Waals surface area (Å²) in [5, 5.41) is 13.6. The van der Waals surface area contributed by atoms with Gasteiger partial charge in [0, 0.05) is 42.6 Å². The van der Waals surface area contributed by atoms with Crippen molar-refractivity contribution >= 4 is 39.1 Å². The fourth-order valence-electron chi connectivity index (χ4n) is 3.76. The molecule has 4 rings (SSSR count). The Bertz CT molecular complexity index is 1260. The van der Waals surface area contributed by atoms with Gasteiger partial charge in [0.2, 0.25) is 5.95 Å². The highest BCUT2D eigenvalue weighted by Crippen LogP contribution is 2.26. The lowest BCUT2D eigenvalue weighted by atomic mass is 10.2. The molecule has 1 aliphatic heterocycles. The first kappa shape index (κ1) is 26.4. The number of benzene rings is 1. The van der Waals surface area contributed by atoms with Gasteiger partial charge in [0.1, 0.15) is 5.82 Å². The quantitative estimate of drug-likeness (QED) is 0.216. The first-order valence-corrected chi connectivity index (χ1v) is 13.8. The Labute approximate surface area is 216 Å². The van der Waals surface area contributed by atoms with Gasteiger partial charge in [-0.25, -0.2) is 18.7 Å². The van der Waals surface area contributed by atoms with Crippen molar-refractivity contribution in [3.8, 4) is 11.3 Å². The number of amides is 1. The molecule has 13 heteroatoms. The molecule has 37 heavy (non-hydrogen) atoms. The molecule has 1 amide bonds. The predicted molar refractivity (Wildman–Crippen MR) is 143 cm³/mol. The molecule has 1 fully saturated rings. The zero-order valence-corrected chi connectivity index (χ0v) is 21.6. The van der Waals surface area contributed by atoms with Gasteiger partial charge in [0.05, 0.1) is 40.8 Å². The van der Waals surface area contributed by atoms with Crippen LogP contribution in [0.4, 0.5) is 22.2 Å². The van der Waals surface area contributed by atoms with Gasteiger partial charge in [-0.15, -0.1) is 0 Å². The van der Waals surface area contributed by atoms with Crippen molar-refractivity contribution in [2.75, 3.05) is 56.6 Å². The van der Waals surface area contributed by atoms with Crippen LogP contribution in [0.5, 0.6) is 0 Å². The van der Waals surface area contributed by atoms with Gasteiger partial charge in [0.25, 0.3) is 0 Å². The van der Waals surface area contributed by atoms with E-state index < -0.39 is 15.8 Å². The number of carbonyl (C=O) groups is 1. The van der Waals surface area contributed by atoms with Crippen molar-refractivity contribution in [1.29, 1.82) is 0 Å². The highest BCUT2D eigenvalue weighted by Gasteiger charge is 2.14. The van der Waals surface area contributed by atoms with E-state index in [-0.39, 0.29) is 6.61 Å². The summed E-state index contributed by atoms with van der Waals surface area (Å²) >= 11 is 0. The van der Waals surface area contributed by atoms with Crippen LogP contribution in [0.3, 0.4) is 0 Å². The Morgan fingerprint density at radius 1 is 1.24 bits per heavy atom. The van der Waals surface area contributed by atoms with Crippen molar-refractivity contribution in [3.63, 3.8) is 0 Å². The van der Waals surface area contributed by atoms with E-state index in [2.05, 4.69) is 46.3 Å². The molecule has 4 N–H and O–H groups in total. The molecule has 0 spiro atoms. The molecular formula is C24H32N8O4S. The number of hydrogen-bond acceptors (Lipinski definition) is 10. The monoisotopic (exact) mass is 528 g/mol. The minimum Gasteiger partial charge on any atom is -0.449 e. The fraction of sp³-hybridized carbons (Fsp3) is 0.375. The van der Waals surface area contributed by atoms with Gasteiger partial charge in [-0.1, -0.05) is 0 Å². The molecule has 1 aromatic carbocycles. The van der Waals surface area contributed by atoms with E-state index in [9.17, 15) is 9.00 Å². The van der Waals surface area contributed by atoms with E-state index in [0.717, 1.165) is 57.1 Å². The summed E-state index contributed by atoms with van der Waals surface area (Å²) < 4.78 is 25.3. The molecule has 0 radical (unpaired) electrons. The number of hydrogen-bond donors (Lipinski definition) is 4. The summed E-state index contributed by atoms with van der Waals surface area (Å²) in [7, 11) is -3.04. The van der Waals surface area contributed by atoms with Gasteiger partial charge in [0.15, 0.2) is 0 Å². The zero-order valence-electron chi connectivity index (χ0n) is 20.7. The number of nitrogens with zero attached hydrogens (tertiary/aromatic N) is 4. The van der Waals surface area contributed by atoms with Crippen LogP contribution in [-0.4, -0.2) is 87.2 Å². The second kappa shape index (κ2) is 12.5. The molecule has 0 bridgehead atoms. The Balaban J connectivity index is 1.42. The van der Waals surface area contributed by atoms with Gasteiger partial charge < -0.3 is 20.1 Å². The number of rotatable bonds is 11. The van der Waals surface area contributed by atoms with Crippen LogP contribution in [0, 0.1) is 0 Å². The number of carbonyl (C=O) groups excluding carboxylic acids is 1. The van der Waals surface area contributed by atoms with Crippen LogP contribution in [0.1, 0.15) is 13.3 Å². The average Bonchev–Trinajstić information content (AvgIpc) is 3.42. The van der Waals surface area contributed by atoms with Crippen LogP contribution in [0.2, 0.25) is 0 Å². The average molecular weight is 529 g/mol. The Hall–Kier alpha value is -3.68. The van der Waals surface area contributed by atoms with E-state index in [4.69, 9.17) is 9.47 Å². The largest absolute Gasteiger partial charge is 0.449 e. The lowest BCUT2D eigenvalue weighted by Gasteiger charge is -2.26. The van der Waals surface area contributed by atoms with Crippen LogP contribution >= 0.6 is 0 Å². The SMILES string of the molecule is C=S(=O)(NC(=O)OCC)c1ccc(Nc2ncc(-c3ccn[nH]3)c(NCCCN3CCOCC3)n2)cc1. The molecule has 1 atom stereocenters. The number of H-pyrrole nitrogens is 1. The van der Waals surface area contributed by atoms with Crippen molar-refractivity contribution < 1.29 is 18.5 Å². The second-order valence-corrected chi connectivity index (χ2v) is 10.3. The Morgan fingerprint density at radius 3 is 2.73 bits per heavy atom. The molecule has 3 aromatic rings. The van der Waals surface area contributed by atoms with E-state index in [1.807, 2.05) is 6.07 Å². The highest BCUT2D eigenvalue weighted by atomic mass is 32.2. The van der Waals surface area contributed by atoms with E-state index in [1.54, 1.807) is 43.6 Å². The van der Waals surface area contributed by atoms with Crippen LogP contribution in [-0.2, 0) is 19.2 Å². The van der Waals surface area contributed by atoms with Gasteiger partial charge in [-0.05, 0) is 56.1 Å². The maximum absolute atomic E-state index is 12.8. The molecule has 0 saturated carbocycles. The standard InChI is InChI=1S/C24H32N8O4S/c1-3-36-24(33)31-37(2,34)19-7-5-18(6-8-19)28-23-26-17-20(21-9-11-27-30-21)22(29-23)25-10-4-12-32-13-15-35-16-14-32/h5-9,11,17H,2-4,10,12-16H2,1H3,(H,27,30)(H,31,33,34)(H2,25,26,28,29). The Morgan fingerprint density at radius 2 is 2.03 bits per heavy atom. The minimum atomic E-state index is -3.04. The first-order chi connectivity index (χ1) is 17.9.